The quantitative estimate of drug-likeness (QED) is 0.353. The second-order valence-corrected chi connectivity index (χ2v) is 7.93. The first-order chi connectivity index (χ1) is 14.6. The van der Waals surface area contributed by atoms with Crippen LogP contribution >= 0.6 is 48.8 Å². The van der Waals surface area contributed by atoms with E-state index in [0.717, 1.165) is 37.1 Å². The van der Waals surface area contributed by atoms with Crippen LogP contribution in [-0.2, 0) is 0 Å². The maximum atomic E-state index is 13.8. The summed E-state index contributed by atoms with van der Waals surface area (Å²) in [4.78, 5) is 8.85. The highest BCUT2D eigenvalue weighted by Crippen LogP contribution is 2.32. The molecule has 0 radical (unpaired) electrons. The van der Waals surface area contributed by atoms with Gasteiger partial charge in [-0.2, -0.15) is 5.10 Å². The number of nitrogens with two attached hydrogens (primary N) is 1. The molecule has 1 fully saturated rings. The van der Waals surface area contributed by atoms with Gasteiger partial charge in [0.15, 0.2) is 0 Å². The lowest BCUT2D eigenvalue weighted by atomic mass is 10.0. The Labute approximate surface area is 214 Å². The molecule has 6 nitrogen and oxygen atoms in total. The largest absolute Gasteiger partial charge is 0.383 e. The Morgan fingerprint density at radius 3 is 2.48 bits per heavy atom. The minimum Gasteiger partial charge on any atom is -0.383 e. The highest BCUT2D eigenvalue weighted by molar-refractivity contribution is 6.35. The van der Waals surface area contributed by atoms with Crippen molar-refractivity contribution < 1.29 is 4.39 Å². The lowest BCUT2D eigenvalue weighted by Gasteiger charge is -2.22. The molecule has 0 atom stereocenters. The Hall–Kier alpha value is -2.16. The molecule has 0 aliphatic carbocycles. The minimum absolute atomic E-state index is 0. The SMILES string of the molecule is Cl.Cl.Cl.Nc1ncc(-c2cnn(C3CCNCC3)c2)cc1-c1cc2cc(F)cc(Cl)c2cn1. The Morgan fingerprint density at radius 2 is 1.73 bits per heavy atom. The van der Waals surface area contributed by atoms with Crippen LogP contribution in [0.4, 0.5) is 10.2 Å². The molecule has 11 heteroatoms. The minimum atomic E-state index is -0.394. The van der Waals surface area contributed by atoms with Crippen LogP contribution in [0.15, 0.2) is 49.1 Å². The first kappa shape index (κ1) is 27.1. The molecule has 1 aromatic carbocycles. The van der Waals surface area contributed by atoms with Gasteiger partial charge in [0, 0.05) is 40.7 Å². The van der Waals surface area contributed by atoms with Gasteiger partial charge in [0.2, 0.25) is 0 Å². The van der Waals surface area contributed by atoms with E-state index < -0.39 is 5.82 Å². The van der Waals surface area contributed by atoms with Crippen LogP contribution in [0.25, 0.3) is 33.2 Å². The van der Waals surface area contributed by atoms with Gasteiger partial charge in [0.25, 0.3) is 0 Å². The number of piperidine rings is 1. The van der Waals surface area contributed by atoms with Gasteiger partial charge in [0.1, 0.15) is 11.6 Å². The molecule has 5 rings (SSSR count). The predicted octanol–water partition coefficient (Wildman–Crippen LogP) is 5.72. The third-order valence-corrected chi connectivity index (χ3v) is 5.88. The topological polar surface area (TPSA) is 81.6 Å². The summed E-state index contributed by atoms with van der Waals surface area (Å²) < 4.78 is 15.8. The zero-order chi connectivity index (χ0) is 20.7. The molecular formula is C22H23Cl4FN6. The van der Waals surface area contributed by atoms with Crippen LogP contribution in [0.5, 0.6) is 0 Å². The molecule has 176 valence electrons. The molecule has 0 bridgehead atoms. The van der Waals surface area contributed by atoms with Gasteiger partial charge < -0.3 is 11.1 Å². The Bertz CT molecular complexity index is 1240. The van der Waals surface area contributed by atoms with Crippen molar-refractivity contribution in [2.75, 3.05) is 18.8 Å². The molecular weight excluding hydrogens is 509 g/mol. The van der Waals surface area contributed by atoms with Gasteiger partial charge in [-0.05, 0) is 55.6 Å². The van der Waals surface area contributed by atoms with Crippen LogP contribution in [-0.4, -0.2) is 32.8 Å². The maximum Gasteiger partial charge on any atom is 0.132 e. The highest BCUT2D eigenvalue weighted by Gasteiger charge is 2.17. The van der Waals surface area contributed by atoms with Gasteiger partial charge in [-0.25, -0.2) is 9.37 Å². The van der Waals surface area contributed by atoms with E-state index in [-0.39, 0.29) is 37.2 Å². The van der Waals surface area contributed by atoms with E-state index in [4.69, 9.17) is 17.3 Å². The fourth-order valence-electron chi connectivity index (χ4n) is 3.92. The zero-order valence-corrected chi connectivity index (χ0v) is 20.6. The average Bonchev–Trinajstić information content (AvgIpc) is 3.24. The van der Waals surface area contributed by atoms with Crippen molar-refractivity contribution in [2.24, 2.45) is 0 Å². The summed E-state index contributed by atoms with van der Waals surface area (Å²) in [5.74, 6) is -0.0336. The molecule has 0 unspecified atom stereocenters. The van der Waals surface area contributed by atoms with Crippen molar-refractivity contribution in [3.63, 3.8) is 0 Å². The number of aromatic nitrogens is 4. The fourth-order valence-corrected chi connectivity index (χ4v) is 4.18. The lowest BCUT2D eigenvalue weighted by Crippen LogP contribution is -2.29. The molecule has 3 N–H and O–H groups in total. The first-order valence-corrected chi connectivity index (χ1v) is 10.2. The van der Waals surface area contributed by atoms with Crippen molar-refractivity contribution in [2.45, 2.75) is 18.9 Å². The molecule has 1 aliphatic heterocycles. The summed E-state index contributed by atoms with van der Waals surface area (Å²) in [6.45, 7) is 2.01. The third kappa shape index (κ3) is 5.50. The van der Waals surface area contributed by atoms with Gasteiger partial charge >= 0.3 is 0 Å². The number of nitrogens with one attached hydrogen (secondary N) is 1. The standard InChI is InChI=1S/C22H20ClFN6.3ClH/c23-20-8-16(24)5-13-7-21(27-11-19(13)20)18-6-14(9-28-22(18)25)15-10-29-30(12-15)17-1-3-26-4-2-17;;;/h5-12,17,26H,1-4H2,(H2,25,28);3*1H. The van der Waals surface area contributed by atoms with Crippen LogP contribution < -0.4 is 11.1 Å². The number of hydrogen-bond donors (Lipinski definition) is 2. The Balaban J connectivity index is 0.00000128. The van der Waals surface area contributed by atoms with Crippen molar-refractivity contribution in [1.29, 1.82) is 0 Å². The zero-order valence-electron chi connectivity index (χ0n) is 17.4. The van der Waals surface area contributed by atoms with Crippen molar-refractivity contribution >= 4 is 65.4 Å². The lowest BCUT2D eigenvalue weighted by molar-refractivity contribution is 0.343. The van der Waals surface area contributed by atoms with Crippen LogP contribution in [0.3, 0.4) is 0 Å². The molecule has 4 heterocycles. The Morgan fingerprint density at radius 1 is 0.970 bits per heavy atom. The fraction of sp³-hybridized carbons (Fsp3) is 0.227. The number of anilines is 1. The third-order valence-electron chi connectivity index (χ3n) is 5.56. The number of halogens is 5. The molecule has 0 amide bonds. The smallest absolute Gasteiger partial charge is 0.132 e. The number of nitrogen functional groups attached to an aromatic ring is 1. The van der Waals surface area contributed by atoms with Crippen molar-refractivity contribution in [1.82, 2.24) is 25.1 Å². The number of nitrogens with zero attached hydrogens (tertiary/aromatic N) is 4. The molecule has 1 aliphatic rings. The predicted molar refractivity (Wildman–Crippen MR) is 138 cm³/mol. The number of rotatable bonds is 3. The summed E-state index contributed by atoms with van der Waals surface area (Å²) in [6.07, 6.45) is 9.39. The van der Waals surface area contributed by atoms with E-state index in [9.17, 15) is 4.39 Å². The van der Waals surface area contributed by atoms with Crippen molar-refractivity contribution in [3.8, 4) is 22.4 Å². The summed E-state index contributed by atoms with van der Waals surface area (Å²) in [7, 11) is 0. The molecule has 0 saturated carbocycles. The molecule has 4 aromatic rings. The maximum absolute atomic E-state index is 13.8. The van der Waals surface area contributed by atoms with E-state index in [1.807, 2.05) is 16.9 Å². The number of fused-ring (bicyclic) bond motifs is 1. The van der Waals surface area contributed by atoms with Crippen LogP contribution in [0.1, 0.15) is 18.9 Å². The summed E-state index contributed by atoms with van der Waals surface area (Å²) in [6, 6.07) is 6.84. The highest BCUT2D eigenvalue weighted by atomic mass is 35.5. The van der Waals surface area contributed by atoms with E-state index in [2.05, 4.69) is 26.6 Å². The van der Waals surface area contributed by atoms with E-state index in [0.29, 0.717) is 38.9 Å². The summed E-state index contributed by atoms with van der Waals surface area (Å²) in [5.41, 5.74) is 9.31. The van der Waals surface area contributed by atoms with Gasteiger partial charge in [-0.3, -0.25) is 9.67 Å². The molecule has 33 heavy (non-hydrogen) atoms. The van der Waals surface area contributed by atoms with Gasteiger partial charge in [0.05, 0.1) is 23.0 Å². The molecule has 0 spiro atoms. The first-order valence-electron chi connectivity index (χ1n) is 9.84. The number of pyridine rings is 2. The van der Waals surface area contributed by atoms with Gasteiger partial charge in [-0.1, -0.05) is 11.6 Å². The van der Waals surface area contributed by atoms with Crippen LogP contribution in [0.2, 0.25) is 5.02 Å². The normalized spacial score (nSPS) is 13.6. The van der Waals surface area contributed by atoms with E-state index in [1.54, 1.807) is 18.5 Å². The van der Waals surface area contributed by atoms with Crippen LogP contribution in [0, 0.1) is 5.82 Å². The summed E-state index contributed by atoms with van der Waals surface area (Å²) >= 11 is 6.13. The average molecular weight is 532 g/mol. The van der Waals surface area contributed by atoms with E-state index >= 15 is 0 Å². The monoisotopic (exact) mass is 530 g/mol. The summed E-state index contributed by atoms with van der Waals surface area (Å²) in [5, 5.41) is 9.61. The van der Waals surface area contributed by atoms with Crippen molar-refractivity contribution in [3.05, 3.63) is 59.9 Å². The molecule has 3 aromatic heterocycles. The van der Waals surface area contributed by atoms with E-state index in [1.165, 1.54) is 12.1 Å². The number of benzene rings is 1. The molecule has 1 saturated heterocycles. The Kier molecular flexibility index (Phi) is 9.29. The second kappa shape index (κ2) is 11.3. The second-order valence-electron chi connectivity index (χ2n) is 7.53. The van der Waals surface area contributed by atoms with Gasteiger partial charge in [-0.15, -0.1) is 37.2 Å². The number of hydrogen-bond acceptors (Lipinski definition) is 5.